The third-order valence-electron chi connectivity index (χ3n) is 7.68. The number of carbonyl (C=O) groups excluding carboxylic acids is 2. The van der Waals surface area contributed by atoms with E-state index in [1.807, 2.05) is 51.3 Å². The van der Waals surface area contributed by atoms with Gasteiger partial charge in [-0.15, -0.1) is 11.3 Å². The van der Waals surface area contributed by atoms with Gasteiger partial charge in [-0.2, -0.15) is 4.31 Å². The molecule has 9 nitrogen and oxygen atoms in total. The van der Waals surface area contributed by atoms with Crippen LogP contribution in [-0.2, 0) is 24.3 Å². The van der Waals surface area contributed by atoms with Gasteiger partial charge in [-0.05, 0) is 76.1 Å². The topological polar surface area (TPSA) is 98.2 Å². The number of amides is 1. The highest BCUT2D eigenvalue weighted by Gasteiger charge is 2.35. The Balaban J connectivity index is 1.63. The summed E-state index contributed by atoms with van der Waals surface area (Å²) in [6.07, 6.45) is 1.83. The molecular weight excluding hydrogens is 550 g/mol. The monoisotopic (exact) mass is 583 g/mol. The molecule has 2 aliphatic rings. The predicted molar refractivity (Wildman–Crippen MR) is 156 cm³/mol. The summed E-state index contributed by atoms with van der Waals surface area (Å²) >= 11 is 1.52. The van der Waals surface area contributed by atoms with E-state index in [2.05, 4.69) is 0 Å². The summed E-state index contributed by atoms with van der Waals surface area (Å²) in [7, 11) is -2.36. The van der Waals surface area contributed by atoms with Crippen LogP contribution >= 0.6 is 11.3 Å². The van der Waals surface area contributed by atoms with Crippen molar-refractivity contribution >= 4 is 50.6 Å². The number of esters is 1. The standard InChI is InChI=1S/C29H33N3O6S2/c1-7-31-25-9-8-22(40(35,36)30-10-12-38-13-11-30)16-23(25)24(27(31)33)15-21-14-17(2)32(19(21)4)28-26(29(34)37-6)18(3)20(5)39-28/h8-9,14-16H,7,10-13H2,1-6H3/b24-15+. The molecule has 0 radical (unpaired) electrons. The van der Waals surface area contributed by atoms with Crippen molar-refractivity contribution in [1.29, 1.82) is 0 Å². The van der Waals surface area contributed by atoms with Crippen LogP contribution in [0.5, 0.6) is 0 Å². The highest BCUT2D eigenvalue weighted by Crippen LogP contribution is 2.41. The number of methoxy groups -OCH3 is 1. The Kier molecular flexibility index (Phi) is 7.51. The minimum Gasteiger partial charge on any atom is -0.465 e. The number of hydrogen-bond acceptors (Lipinski definition) is 7. The SMILES string of the molecule is CCN1C(=O)/C(=C/c2cc(C)n(-c3sc(C)c(C)c3C(=O)OC)c2C)c2cc(S(=O)(=O)N3CCOCC3)ccc21. The summed E-state index contributed by atoms with van der Waals surface area (Å²) in [4.78, 5) is 29.1. The van der Waals surface area contributed by atoms with Gasteiger partial charge in [0, 0.05) is 47.0 Å². The number of carbonyl (C=O) groups is 2. The summed E-state index contributed by atoms with van der Waals surface area (Å²) in [6.45, 7) is 11.4. The molecule has 0 atom stereocenters. The van der Waals surface area contributed by atoms with Crippen molar-refractivity contribution in [2.24, 2.45) is 0 Å². The summed E-state index contributed by atoms with van der Waals surface area (Å²) in [5.74, 6) is -0.571. The van der Waals surface area contributed by atoms with Gasteiger partial charge < -0.3 is 18.9 Å². The maximum absolute atomic E-state index is 13.6. The van der Waals surface area contributed by atoms with E-state index < -0.39 is 16.0 Å². The number of thiophene rings is 1. The van der Waals surface area contributed by atoms with Crippen LogP contribution in [0.1, 0.15) is 50.2 Å². The van der Waals surface area contributed by atoms with Gasteiger partial charge in [-0.1, -0.05) is 0 Å². The molecule has 0 aliphatic carbocycles. The number of nitrogens with zero attached hydrogens (tertiary/aromatic N) is 3. The Hall–Kier alpha value is -3.25. The fourth-order valence-electron chi connectivity index (χ4n) is 5.40. The zero-order valence-electron chi connectivity index (χ0n) is 23.5. The highest BCUT2D eigenvalue weighted by atomic mass is 32.2. The van der Waals surface area contributed by atoms with Gasteiger partial charge in [0.2, 0.25) is 10.0 Å². The van der Waals surface area contributed by atoms with E-state index in [0.717, 1.165) is 32.4 Å². The Morgan fingerprint density at radius 1 is 1.12 bits per heavy atom. The first kappa shape index (κ1) is 28.3. The van der Waals surface area contributed by atoms with E-state index >= 15 is 0 Å². The highest BCUT2D eigenvalue weighted by molar-refractivity contribution is 7.89. The number of likely N-dealkylation sites (N-methyl/N-ethyl adjacent to an activating group) is 1. The number of benzene rings is 1. The van der Waals surface area contributed by atoms with E-state index in [0.29, 0.717) is 55.2 Å². The van der Waals surface area contributed by atoms with Crippen LogP contribution in [0.15, 0.2) is 29.2 Å². The molecular formula is C29H33N3O6S2. The van der Waals surface area contributed by atoms with Crippen LogP contribution in [0.25, 0.3) is 16.7 Å². The molecule has 0 spiro atoms. The van der Waals surface area contributed by atoms with Crippen LogP contribution in [0.2, 0.25) is 0 Å². The number of morpholine rings is 1. The van der Waals surface area contributed by atoms with Crippen molar-refractivity contribution in [3.63, 3.8) is 0 Å². The number of anilines is 1. The second-order valence-corrected chi connectivity index (χ2v) is 13.1. The lowest BCUT2D eigenvalue weighted by molar-refractivity contribution is -0.112. The van der Waals surface area contributed by atoms with Crippen LogP contribution in [0.3, 0.4) is 0 Å². The first-order valence-electron chi connectivity index (χ1n) is 13.1. The first-order chi connectivity index (χ1) is 19.0. The molecule has 2 aromatic heterocycles. The summed E-state index contributed by atoms with van der Waals surface area (Å²) < 4.78 is 40.6. The molecule has 1 amide bonds. The molecule has 1 aromatic carbocycles. The van der Waals surface area contributed by atoms with Crippen molar-refractivity contribution in [3.05, 3.63) is 62.8 Å². The number of ether oxygens (including phenoxy) is 2. The molecule has 2 aliphatic heterocycles. The van der Waals surface area contributed by atoms with E-state index in [4.69, 9.17) is 9.47 Å². The fraction of sp³-hybridized carbons (Fsp3) is 0.379. The molecule has 5 rings (SSSR count). The maximum atomic E-state index is 13.6. The first-order valence-corrected chi connectivity index (χ1v) is 15.4. The molecule has 0 saturated carbocycles. The Morgan fingerprint density at radius 2 is 1.82 bits per heavy atom. The van der Waals surface area contributed by atoms with Crippen LogP contribution in [0, 0.1) is 27.7 Å². The number of aromatic nitrogens is 1. The fourth-order valence-corrected chi connectivity index (χ4v) is 8.09. The lowest BCUT2D eigenvalue weighted by Crippen LogP contribution is -2.40. The average Bonchev–Trinajstić information content (AvgIpc) is 3.50. The maximum Gasteiger partial charge on any atom is 0.341 e. The molecule has 0 bridgehead atoms. The van der Waals surface area contributed by atoms with Gasteiger partial charge in [0.25, 0.3) is 5.91 Å². The van der Waals surface area contributed by atoms with Crippen LogP contribution < -0.4 is 4.90 Å². The smallest absolute Gasteiger partial charge is 0.341 e. The van der Waals surface area contributed by atoms with Gasteiger partial charge in [0.15, 0.2) is 0 Å². The minimum absolute atomic E-state index is 0.155. The van der Waals surface area contributed by atoms with Crippen LogP contribution in [0.4, 0.5) is 5.69 Å². The van der Waals surface area contributed by atoms with Gasteiger partial charge >= 0.3 is 5.97 Å². The molecule has 4 heterocycles. The third kappa shape index (κ3) is 4.50. The molecule has 0 N–H and O–H groups in total. The molecule has 212 valence electrons. The lowest BCUT2D eigenvalue weighted by atomic mass is 10.0. The molecule has 0 unspecified atom stereocenters. The predicted octanol–water partition coefficient (Wildman–Crippen LogP) is 4.49. The molecule has 1 saturated heterocycles. The van der Waals surface area contributed by atoms with E-state index in [1.54, 1.807) is 23.1 Å². The quantitative estimate of drug-likeness (QED) is 0.313. The summed E-state index contributed by atoms with van der Waals surface area (Å²) in [6, 6.07) is 6.88. The van der Waals surface area contributed by atoms with Gasteiger partial charge in [0.05, 0.1) is 36.5 Å². The number of sulfonamides is 1. The van der Waals surface area contributed by atoms with Gasteiger partial charge in [-0.3, -0.25) is 4.79 Å². The van der Waals surface area contributed by atoms with E-state index in [-0.39, 0.29) is 10.8 Å². The summed E-state index contributed by atoms with van der Waals surface area (Å²) in [5, 5.41) is 0.772. The molecule has 1 fully saturated rings. The Morgan fingerprint density at radius 3 is 2.48 bits per heavy atom. The average molecular weight is 584 g/mol. The van der Waals surface area contributed by atoms with Gasteiger partial charge in [-0.25, -0.2) is 13.2 Å². The van der Waals surface area contributed by atoms with Crippen molar-refractivity contribution in [2.45, 2.75) is 39.5 Å². The zero-order valence-corrected chi connectivity index (χ0v) is 25.2. The third-order valence-corrected chi connectivity index (χ3v) is 10.8. The number of aryl methyl sites for hydroxylation is 2. The summed E-state index contributed by atoms with van der Waals surface area (Å²) in [5.41, 5.74) is 5.69. The minimum atomic E-state index is -3.74. The Bertz CT molecular complexity index is 1660. The largest absolute Gasteiger partial charge is 0.465 e. The van der Waals surface area contributed by atoms with Crippen molar-refractivity contribution in [3.8, 4) is 5.00 Å². The number of fused-ring (bicyclic) bond motifs is 1. The second kappa shape index (κ2) is 10.6. The lowest BCUT2D eigenvalue weighted by Gasteiger charge is -2.26. The second-order valence-electron chi connectivity index (χ2n) is 9.92. The van der Waals surface area contributed by atoms with Crippen molar-refractivity contribution < 1.29 is 27.5 Å². The zero-order chi connectivity index (χ0) is 28.9. The van der Waals surface area contributed by atoms with Crippen molar-refractivity contribution in [2.75, 3.05) is 44.9 Å². The van der Waals surface area contributed by atoms with E-state index in [1.165, 1.54) is 22.8 Å². The number of hydrogen-bond donors (Lipinski definition) is 0. The van der Waals surface area contributed by atoms with Crippen molar-refractivity contribution in [1.82, 2.24) is 8.87 Å². The molecule has 11 heteroatoms. The normalized spacial score (nSPS) is 17.1. The van der Waals surface area contributed by atoms with E-state index in [9.17, 15) is 18.0 Å². The van der Waals surface area contributed by atoms with Crippen LogP contribution in [-0.4, -0.2) is 69.1 Å². The molecule has 3 aromatic rings. The molecule has 40 heavy (non-hydrogen) atoms. The number of rotatable bonds is 6. The van der Waals surface area contributed by atoms with Gasteiger partial charge in [0.1, 0.15) is 5.00 Å². The Labute approximate surface area is 238 Å².